The molecule has 0 aliphatic carbocycles. The first kappa shape index (κ1) is 13.9. The molecule has 8 heteroatoms. The summed E-state index contributed by atoms with van der Waals surface area (Å²) in [7, 11) is 1.79. The smallest absolute Gasteiger partial charge is 0.312 e. The largest absolute Gasteiger partial charge is 0.354 e. The maximum atomic E-state index is 11.0. The Morgan fingerprint density at radius 2 is 2.32 bits per heavy atom. The number of hydrogen-bond donors (Lipinski definition) is 0. The molecule has 0 unspecified atom stereocenters. The Kier molecular flexibility index (Phi) is 4.43. The molecule has 0 saturated heterocycles. The highest BCUT2D eigenvalue weighted by atomic mass is 79.9. The van der Waals surface area contributed by atoms with Crippen LogP contribution in [0.1, 0.15) is 5.01 Å². The quantitative estimate of drug-likeness (QED) is 0.617. The van der Waals surface area contributed by atoms with E-state index in [1.807, 2.05) is 5.38 Å². The van der Waals surface area contributed by atoms with E-state index in [4.69, 9.17) is 0 Å². The fourth-order valence-corrected chi connectivity index (χ4v) is 2.52. The van der Waals surface area contributed by atoms with Gasteiger partial charge in [-0.05, 0) is 15.9 Å². The minimum absolute atomic E-state index is 0.00369. The molecule has 0 saturated carbocycles. The molecule has 0 bridgehead atoms. The maximum Gasteiger partial charge on any atom is 0.312 e. The Morgan fingerprint density at radius 1 is 1.53 bits per heavy atom. The zero-order chi connectivity index (χ0) is 13.8. The van der Waals surface area contributed by atoms with Crippen molar-refractivity contribution < 1.29 is 4.92 Å². The molecular weight excluding hydrogens is 332 g/mol. The summed E-state index contributed by atoms with van der Waals surface area (Å²) in [6.07, 6.45) is 4.05. The molecule has 0 aromatic carbocycles. The lowest BCUT2D eigenvalue weighted by Gasteiger charge is -2.17. The SMILES string of the molecule is CN(CCc1nccs1)c1ncc(Br)cc1[N+](=O)[O-]. The predicted molar refractivity (Wildman–Crippen MR) is 77.7 cm³/mol. The van der Waals surface area contributed by atoms with Gasteiger partial charge in [0.1, 0.15) is 0 Å². The summed E-state index contributed by atoms with van der Waals surface area (Å²) in [5.41, 5.74) is -0.00369. The number of hydrogen-bond acceptors (Lipinski definition) is 6. The van der Waals surface area contributed by atoms with Gasteiger partial charge in [0.05, 0.1) is 9.93 Å². The van der Waals surface area contributed by atoms with Crippen molar-refractivity contribution in [1.82, 2.24) is 9.97 Å². The van der Waals surface area contributed by atoms with Crippen LogP contribution in [0.4, 0.5) is 11.5 Å². The van der Waals surface area contributed by atoms with Gasteiger partial charge in [0.25, 0.3) is 0 Å². The normalized spacial score (nSPS) is 10.4. The number of rotatable bonds is 5. The molecule has 0 radical (unpaired) electrons. The molecule has 0 N–H and O–H groups in total. The molecule has 6 nitrogen and oxygen atoms in total. The van der Waals surface area contributed by atoms with Crippen LogP contribution in [0.2, 0.25) is 0 Å². The second kappa shape index (κ2) is 6.07. The van der Waals surface area contributed by atoms with Crippen LogP contribution in [0.15, 0.2) is 28.3 Å². The summed E-state index contributed by atoms with van der Waals surface area (Å²) in [6.45, 7) is 0.628. The summed E-state index contributed by atoms with van der Waals surface area (Å²) in [6, 6.07) is 1.46. The minimum atomic E-state index is -0.424. The molecule has 2 aromatic rings. The van der Waals surface area contributed by atoms with Crippen LogP contribution in [-0.4, -0.2) is 28.5 Å². The van der Waals surface area contributed by atoms with Crippen LogP contribution in [-0.2, 0) is 6.42 Å². The molecule has 0 aliphatic rings. The first-order valence-electron chi connectivity index (χ1n) is 5.47. The third-order valence-electron chi connectivity index (χ3n) is 2.52. The molecule has 2 heterocycles. The molecule has 19 heavy (non-hydrogen) atoms. The Hall–Kier alpha value is -1.54. The average Bonchev–Trinajstić information content (AvgIpc) is 2.88. The van der Waals surface area contributed by atoms with E-state index in [1.165, 1.54) is 6.07 Å². The molecule has 0 spiro atoms. The molecule has 0 aliphatic heterocycles. The molecule has 0 fully saturated rings. The monoisotopic (exact) mass is 342 g/mol. The third kappa shape index (κ3) is 3.48. The summed E-state index contributed by atoms with van der Waals surface area (Å²) in [5.74, 6) is 0.366. The molecule has 100 valence electrons. The predicted octanol–water partition coefficient (Wildman–Crippen LogP) is 2.89. The van der Waals surface area contributed by atoms with Crippen LogP contribution < -0.4 is 4.90 Å². The van der Waals surface area contributed by atoms with Crippen molar-refractivity contribution in [3.05, 3.63) is 43.4 Å². The van der Waals surface area contributed by atoms with Crippen LogP contribution in [0.3, 0.4) is 0 Å². The number of nitrogens with zero attached hydrogens (tertiary/aromatic N) is 4. The topological polar surface area (TPSA) is 72.2 Å². The number of anilines is 1. The van der Waals surface area contributed by atoms with Crippen molar-refractivity contribution in [2.45, 2.75) is 6.42 Å². The maximum absolute atomic E-state index is 11.0. The highest BCUT2D eigenvalue weighted by Crippen LogP contribution is 2.27. The Balaban J connectivity index is 2.14. The standard InChI is InChI=1S/C11H11BrN4O2S/c1-15(4-2-10-13-3-5-19-10)11-9(16(17)18)6-8(12)7-14-11/h3,5-7H,2,4H2,1H3. The van der Waals surface area contributed by atoms with Crippen molar-refractivity contribution in [2.24, 2.45) is 0 Å². The number of likely N-dealkylation sites (N-methyl/N-ethyl adjacent to an activating group) is 1. The summed E-state index contributed by atoms with van der Waals surface area (Å²) >= 11 is 4.76. The summed E-state index contributed by atoms with van der Waals surface area (Å²) < 4.78 is 0.594. The van der Waals surface area contributed by atoms with Crippen molar-refractivity contribution >= 4 is 38.8 Å². The Bertz CT molecular complexity index is 576. The molecule has 2 rings (SSSR count). The van der Waals surface area contributed by atoms with Crippen molar-refractivity contribution in [1.29, 1.82) is 0 Å². The summed E-state index contributed by atoms with van der Waals surface area (Å²) in [5, 5.41) is 13.9. The van der Waals surface area contributed by atoms with E-state index in [1.54, 1.807) is 35.7 Å². The van der Waals surface area contributed by atoms with Gasteiger partial charge in [0, 0.05) is 48.3 Å². The van der Waals surface area contributed by atoms with Crippen LogP contribution in [0.5, 0.6) is 0 Å². The fraction of sp³-hybridized carbons (Fsp3) is 0.273. The van der Waals surface area contributed by atoms with E-state index in [0.29, 0.717) is 16.8 Å². The zero-order valence-electron chi connectivity index (χ0n) is 10.1. The van der Waals surface area contributed by atoms with Gasteiger partial charge in [-0.2, -0.15) is 0 Å². The fourth-order valence-electron chi connectivity index (χ4n) is 1.60. The molecule has 0 atom stereocenters. The molecule has 2 aromatic heterocycles. The van der Waals surface area contributed by atoms with E-state index in [-0.39, 0.29) is 5.69 Å². The van der Waals surface area contributed by atoms with Gasteiger partial charge >= 0.3 is 5.69 Å². The lowest BCUT2D eigenvalue weighted by molar-refractivity contribution is -0.384. The molecular formula is C11H11BrN4O2S. The van der Waals surface area contributed by atoms with Crippen molar-refractivity contribution in [3.8, 4) is 0 Å². The van der Waals surface area contributed by atoms with Crippen molar-refractivity contribution in [3.63, 3.8) is 0 Å². The van der Waals surface area contributed by atoms with Gasteiger partial charge in [-0.15, -0.1) is 11.3 Å². The first-order chi connectivity index (χ1) is 9.08. The second-order valence-corrected chi connectivity index (χ2v) is 5.75. The van der Waals surface area contributed by atoms with Gasteiger partial charge in [-0.3, -0.25) is 10.1 Å². The number of thiazole rings is 1. The molecule has 0 amide bonds. The van der Waals surface area contributed by atoms with Crippen LogP contribution in [0, 0.1) is 10.1 Å². The number of nitro groups is 1. The van der Waals surface area contributed by atoms with Crippen LogP contribution >= 0.6 is 27.3 Å². The second-order valence-electron chi connectivity index (χ2n) is 3.85. The highest BCUT2D eigenvalue weighted by Gasteiger charge is 2.19. The van der Waals surface area contributed by atoms with E-state index < -0.39 is 4.92 Å². The number of pyridine rings is 1. The van der Waals surface area contributed by atoms with E-state index in [0.717, 1.165) is 11.4 Å². The van der Waals surface area contributed by atoms with Crippen LogP contribution in [0.25, 0.3) is 0 Å². The van der Waals surface area contributed by atoms with Crippen molar-refractivity contribution in [2.75, 3.05) is 18.5 Å². The minimum Gasteiger partial charge on any atom is -0.354 e. The van der Waals surface area contributed by atoms with E-state index >= 15 is 0 Å². The lowest BCUT2D eigenvalue weighted by atomic mass is 10.3. The highest BCUT2D eigenvalue weighted by molar-refractivity contribution is 9.10. The summed E-state index contributed by atoms with van der Waals surface area (Å²) in [4.78, 5) is 20.7. The van der Waals surface area contributed by atoms with Gasteiger partial charge < -0.3 is 4.90 Å². The van der Waals surface area contributed by atoms with Gasteiger partial charge in [-0.25, -0.2) is 9.97 Å². The average molecular weight is 343 g/mol. The van der Waals surface area contributed by atoms with Gasteiger partial charge in [-0.1, -0.05) is 0 Å². The lowest BCUT2D eigenvalue weighted by Crippen LogP contribution is -2.22. The number of halogens is 1. The first-order valence-corrected chi connectivity index (χ1v) is 7.14. The Morgan fingerprint density at radius 3 is 2.95 bits per heavy atom. The Labute approximate surface area is 122 Å². The van der Waals surface area contributed by atoms with E-state index in [9.17, 15) is 10.1 Å². The van der Waals surface area contributed by atoms with Gasteiger partial charge in [0.15, 0.2) is 0 Å². The van der Waals surface area contributed by atoms with Gasteiger partial charge in [0.2, 0.25) is 5.82 Å². The van der Waals surface area contributed by atoms with E-state index in [2.05, 4.69) is 25.9 Å². The third-order valence-corrected chi connectivity index (χ3v) is 3.79. The number of aromatic nitrogens is 2. The zero-order valence-corrected chi connectivity index (χ0v) is 12.5.